The van der Waals surface area contributed by atoms with E-state index in [9.17, 15) is 4.79 Å². The highest BCUT2D eigenvalue weighted by molar-refractivity contribution is 9.10. The maximum Gasteiger partial charge on any atom is 0.236 e. The second-order valence-corrected chi connectivity index (χ2v) is 5.66. The summed E-state index contributed by atoms with van der Waals surface area (Å²) in [6.07, 6.45) is 2.00. The second-order valence-electron chi connectivity index (χ2n) is 4.55. The van der Waals surface area contributed by atoms with Crippen molar-refractivity contribution in [2.45, 2.75) is 38.4 Å². The zero-order valence-electron chi connectivity index (χ0n) is 8.64. The molecule has 0 radical (unpaired) electrons. The van der Waals surface area contributed by atoms with E-state index in [-0.39, 0.29) is 10.7 Å². The molecule has 0 aromatic carbocycles. The van der Waals surface area contributed by atoms with Crippen LogP contribution in [0.5, 0.6) is 0 Å². The Bertz CT molecular complexity index is 203. The van der Waals surface area contributed by atoms with Gasteiger partial charge in [-0.1, -0.05) is 36.7 Å². The van der Waals surface area contributed by atoms with Crippen LogP contribution >= 0.6 is 15.9 Å². The molecule has 1 rings (SSSR count). The molecule has 2 nitrogen and oxygen atoms in total. The number of hydrogen-bond acceptors (Lipinski definition) is 1. The van der Waals surface area contributed by atoms with Crippen LogP contribution in [0.1, 0.15) is 33.6 Å². The van der Waals surface area contributed by atoms with Gasteiger partial charge in [0.2, 0.25) is 5.91 Å². The summed E-state index contributed by atoms with van der Waals surface area (Å²) in [5.41, 5.74) is 0.316. The number of carbonyl (C=O) groups excluding carboxylic acids is 1. The number of alkyl halides is 1. The van der Waals surface area contributed by atoms with Crippen molar-refractivity contribution in [2.24, 2.45) is 5.41 Å². The van der Waals surface area contributed by atoms with Gasteiger partial charge < -0.3 is 4.90 Å². The Balaban J connectivity index is 2.51. The van der Waals surface area contributed by atoms with Gasteiger partial charge in [-0.25, -0.2) is 0 Å². The Morgan fingerprint density at radius 2 is 2.23 bits per heavy atom. The first-order chi connectivity index (χ1) is 5.96. The molecule has 0 aromatic heterocycles. The van der Waals surface area contributed by atoms with E-state index in [0.717, 1.165) is 25.9 Å². The molecule has 76 valence electrons. The molecule has 3 heteroatoms. The standard InChI is InChI=1S/C10H18BrNO/c1-4-8(11)9(13)12-6-5-10(2,3)7-12/h8H,4-7H2,1-3H3. The van der Waals surface area contributed by atoms with E-state index < -0.39 is 0 Å². The molecular weight excluding hydrogens is 230 g/mol. The molecule has 0 saturated carbocycles. The molecule has 1 aliphatic rings. The third-order valence-electron chi connectivity index (χ3n) is 2.62. The van der Waals surface area contributed by atoms with Crippen LogP contribution in [0.25, 0.3) is 0 Å². The number of amides is 1. The number of halogens is 1. The van der Waals surface area contributed by atoms with Crippen LogP contribution in [-0.2, 0) is 4.79 Å². The minimum Gasteiger partial charge on any atom is -0.341 e. The molecule has 0 bridgehead atoms. The van der Waals surface area contributed by atoms with E-state index in [2.05, 4.69) is 29.8 Å². The monoisotopic (exact) mass is 247 g/mol. The molecule has 13 heavy (non-hydrogen) atoms. The highest BCUT2D eigenvalue weighted by Gasteiger charge is 2.33. The summed E-state index contributed by atoms with van der Waals surface area (Å²) in [5, 5.41) is 0. The Morgan fingerprint density at radius 1 is 1.62 bits per heavy atom. The highest BCUT2D eigenvalue weighted by Crippen LogP contribution is 2.29. The zero-order chi connectivity index (χ0) is 10.1. The molecular formula is C10H18BrNO. The minimum atomic E-state index is 0.0152. The van der Waals surface area contributed by atoms with Crippen LogP contribution in [0.15, 0.2) is 0 Å². The van der Waals surface area contributed by atoms with Gasteiger partial charge in [0.05, 0.1) is 4.83 Å². The first kappa shape index (κ1) is 11.0. The van der Waals surface area contributed by atoms with Gasteiger partial charge in [-0.3, -0.25) is 4.79 Å². The van der Waals surface area contributed by atoms with Crippen LogP contribution in [0.3, 0.4) is 0 Å². The molecule has 0 N–H and O–H groups in total. The molecule has 1 atom stereocenters. The Morgan fingerprint density at radius 3 is 2.62 bits per heavy atom. The van der Waals surface area contributed by atoms with E-state index in [4.69, 9.17) is 0 Å². The third-order valence-corrected chi connectivity index (χ3v) is 3.65. The van der Waals surface area contributed by atoms with Crippen molar-refractivity contribution in [3.8, 4) is 0 Å². The Hall–Kier alpha value is -0.0500. The predicted octanol–water partition coefficient (Wildman–Crippen LogP) is 2.42. The molecule has 0 spiro atoms. The van der Waals surface area contributed by atoms with Gasteiger partial charge in [-0.2, -0.15) is 0 Å². The van der Waals surface area contributed by atoms with Crippen molar-refractivity contribution >= 4 is 21.8 Å². The quantitative estimate of drug-likeness (QED) is 0.687. The van der Waals surface area contributed by atoms with Crippen molar-refractivity contribution in [3.63, 3.8) is 0 Å². The molecule has 1 unspecified atom stereocenters. The summed E-state index contributed by atoms with van der Waals surface area (Å²) < 4.78 is 0. The number of rotatable bonds is 2. The molecule has 0 aromatic rings. The summed E-state index contributed by atoms with van der Waals surface area (Å²) >= 11 is 3.40. The largest absolute Gasteiger partial charge is 0.341 e. The Labute approximate surface area is 88.8 Å². The zero-order valence-corrected chi connectivity index (χ0v) is 10.2. The van der Waals surface area contributed by atoms with Crippen LogP contribution in [0.4, 0.5) is 0 Å². The lowest BCUT2D eigenvalue weighted by Gasteiger charge is -2.21. The third kappa shape index (κ3) is 2.70. The van der Waals surface area contributed by atoms with Gasteiger partial charge in [-0.15, -0.1) is 0 Å². The summed E-state index contributed by atoms with van der Waals surface area (Å²) in [6.45, 7) is 8.30. The number of nitrogens with zero attached hydrogens (tertiary/aromatic N) is 1. The average Bonchev–Trinajstić information content (AvgIpc) is 2.43. The smallest absolute Gasteiger partial charge is 0.236 e. The lowest BCUT2D eigenvalue weighted by Crippen LogP contribution is -2.35. The van der Waals surface area contributed by atoms with Crippen molar-refractivity contribution in [3.05, 3.63) is 0 Å². The lowest BCUT2D eigenvalue weighted by molar-refractivity contribution is -0.129. The van der Waals surface area contributed by atoms with E-state index in [1.54, 1.807) is 0 Å². The molecule has 1 amide bonds. The van der Waals surface area contributed by atoms with Gasteiger partial charge in [0.1, 0.15) is 0 Å². The van der Waals surface area contributed by atoms with Gasteiger partial charge in [-0.05, 0) is 18.3 Å². The fraction of sp³-hybridized carbons (Fsp3) is 0.900. The van der Waals surface area contributed by atoms with Crippen molar-refractivity contribution in [1.29, 1.82) is 0 Å². The van der Waals surface area contributed by atoms with E-state index >= 15 is 0 Å². The van der Waals surface area contributed by atoms with E-state index in [1.165, 1.54) is 0 Å². The topological polar surface area (TPSA) is 20.3 Å². The normalized spacial score (nSPS) is 23.2. The van der Waals surface area contributed by atoms with Crippen molar-refractivity contribution in [2.75, 3.05) is 13.1 Å². The van der Waals surface area contributed by atoms with Crippen molar-refractivity contribution in [1.82, 2.24) is 4.90 Å². The second kappa shape index (κ2) is 3.99. The number of hydrogen-bond donors (Lipinski definition) is 0. The van der Waals surface area contributed by atoms with Crippen LogP contribution in [-0.4, -0.2) is 28.7 Å². The summed E-state index contributed by atoms with van der Waals surface area (Å²) in [7, 11) is 0. The minimum absolute atomic E-state index is 0.0152. The number of carbonyl (C=O) groups is 1. The highest BCUT2D eigenvalue weighted by atomic mass is 79.9. The van der Waals surface area contributed by atoms with Gasteiger partial charge in [0.25, 0.3) is 0 Å². The molecule has 1 fully saturated rings. The molecule has 1 heterocycles. The lowest BCUT2D eigenvalue weighted by atomic mass is 9.93. The average molecular weight is 248 g/mol. The molecule has 1 aliphatic heterocycles. The fourth-order valence-corrected chi connectivity index (χ4v) is 1.96. The summed E-state index contributed by atoms with van der Waals surface area (Å²) in [6, 6.07) is 0. The fourth-order valence-electron chi connectivity index (χ4n) is 1.67. The maximum absolute atomic E-state index is 11.7. The maximum atomic E-state index is 11.7. The van der Waals surface area contributed by atoms with Gasteiger partial charge in [0.15, 0.2) is 0 Å². The van der Waals surface area contributed by atoms with Crippen LogP contribution in [0.2, 0.25) is 0 Å². The summed E-state index contributed by atoms with van der Waals surface area (Å²) in [4.78, 5) is 13.7. The molecule has 0 aliphatic carbocycles. The first-order valence-electron chi connectivity index (χ1n) is 4.89. The van der Waals surface area contributed by atoms with Gasteiger partial charge >= 0.3 is 0 Å². The van der Waals surface area contributed by atoms with E-state index in [0.29, 0.717) is 5.41 Å². The van der Waals surface area contributed by atoms with Crippen molar-refractivity contribution < 1.29 is 4.79 Å². The first-order valence-corrected chi connectivity index (χ1v) is 5.81. The number of likely N-dealkylation sites (tertiary alicyclic amines) is 1. The Kier molecular flexibility index (Phi) is 3.38. The predicted molar refractivity (Wildman–Crippen MR) is 58.0 cm³/mol. The molecule has 1 saturated heterocycles. The summed E-state index contributed by atoms with van der Waals surface area (Å²) in [5.74, 6) is 0.257. The van der Waals surface area contributed by atoms with Crippen LogP contribution < -0.4 is 0 Å². The van der Waals surface area contributed by atoms with E-state index in [1.807, 2.05) is 11.8 Å². The SMILES string of the molecule is CCC(Br)C(=O)N1CCC(C)(C)C1. The van der Waals surface area contributed by atoms with Gasteiger partial charge in [0, 0.05) is 13.1 Å². The van der Waals surface area contributed by atoms with Crippen LogP contribution in [0, 0.1) is 5.41 Å².